The van der Waals surface area contributed by atoms with Crippen molar-refractivity contribution in [2.24, 2.45) is 5.73 Å². The zero-order valence-electron chi connectivity index (χ0n) is 11.5. The number of amides is 1. The molecule has 106 valence electrons. The molecule has 1 atom stereocenters. The van der Waals surface area contributed by atoms with Gasteiger partial charge < -0.3 is 20.5 Å². The van der Waals surface area contributed by atoms with Gasteiger partial charge in [0.1, 0.15) is 0 Å². The molecule has 0 fully saturated rings. The van der Waals surface area contributed by atoms with Crippen LogP contribution in [0.3, 0.4) is 0 Å². The Morgan fingerprint density at radius 3 is 2.53 bits per heavy atom. The Morgan fingerprint density at radius 2 is 1.95 bits per heavy atom. The van der Waals surface area contributed by atoms with Gasteiger partial charge in [-0.25, -0.2) is 0 Å². The number of carbonyl (C=O) groups is 1. The molecule has 1 rings (SSSR count). The monoisotopic (exact) mass is 266 g/mol. The van der Waals surface area contributed by atoms with Crippen molar-refractivity contribution in [3.63, 3.8) is 0 Å². The lowest BCUT2D eigenvalue weighted by atomic mass is 10.2. The number of nitrogens with two attached hydrogens (primary N) is 1. The topological polar surface area (TPSA) is 73.6 Å². The van der Waals surface area contributed by atoms with E-state index in [1.807, 2.05) is 32.0 Å². The summed E-state index contributed by atoms with van der Waals surface area (Å²) in [6.07, 6.45) is 0.751. The van der Waals surface area contributed by atoms with Crippen LogP contribution in [0.2, 0.25) is 0 Å². The average Bonchev–Trinajstić information content (AvgIpc) is 2.37. The smallest absolute Gasteiger partial charge is 0.257 e. The van der Waals surface area contributed by atoms with Crippen LogP contribution < -0.4 is 20.5 Å². The fourth-order valence-corrected chi connectivity index (χ4v) is 1.48. The third kappa shape index (κ3) is 6.10. The second-order valence-corrected chi connectivity index (χ2v) is 4.28. The fourth-order valence-electron chi connectivity index (χ4n) is 1.48. The summed E-state index contributed by atoms with van der Waals surface area (Å²) >= 11 is 0. The Kier molecular flexibility index (Phi) is 6.74. The average molecular weight is 266 g/mol. The molecule has 0 aliphatic heterocycles. The summed E-state index contributed by atoms with van der Waals surface area (Å²) in [5.74, 6) is 1.06. The molecule has 5 heteroatoms. The second kappa shape index (κ2) is 8.37. The van der Waals surface area contributed by atoms with Crippen molar-refractivity contribution in [3.8, 4) is 11.5 Å². The van der Waals surface area contributed by atoms with Crippen molar-refractivity contribution in [3.05, 3.63) is 24.3 Å². The van der Waals surface area contributed by atoms with E-state index in [1.165, 1.54) is 0 Å². The number of para-hydroxylation sites is 2. The first-order valence-corrected chi connectivity index (χ1v) is 6.50. The van der Waals surface area contributed by atoms with Crippen molar-refractivity contribution in [2.45, 2.75) is 26.3 Å². The zero-order chi connectivity index (χ0) is 14.1. The lowest BCUT2D eigenvalue weighted by molar-refractivity contribution is -0.123. The Labute approximate surface area is 114 Å². The summed E-state index contributed by atoms with van der Waals surface area (Å²) in [6.45, 7) is 4.90. The lowest BCUT2D eigenvalue weighted by Crippen LogP contribution is -2.32. The number of hydrogen-bond donors (Lipinski definition) is 2. The molecule has 0 heterocycles. The minimum atomic E-state index is -0.160. The first-order chi connectivity index (χ1) is 9.13. The standard InChI is InChI=1S/C14H22N2O3/c1-3-18-12-6-4-5-7-13(12)19-10-14(17)16-9-8-11(2)15/h4-7,11H,3,8-10,15H2,1-2H3,(H,16,17). The Hall–Kier alpha value is -1.75. The second-order valence-electron chi connectivity index (χ2n) is 4.28. The van der Waals surface area contributed by atoms with E-state index in [0.717, 1.165) is 6.42 Å². The van der Waals surface area contributed by atoms with E-state index in [0.29, 0.717) is 24.7 Å². The van der Waals surface area contributed by atoms with Crippen LogP contribution in [-0.2, 0) is 4.79 Å². The summed E-state index contributed by atoms with van der Waals surface area (Å²) in [5, 5.41) is 2.75. The highest BCUT2D eigenvalue weighted by Gasteiger charge is 2.07. The van der Waals surface area contributed by atoms with Crippen LogP contribution in [0.5, 0.6) is 11.5 Å². The van der Waals surface area contributed by atoms with Gasteiger partial charge in [0.15, 0.2) is 18.1 Å². The molecule has 1 amide bonds. The summed E-state index contributed by atoms with van der Waals surface area (Å²) in [4.78, 5) is 11.5. The SMILES string of the molecule is CCOc1ccccc1OCC(=O)NCCC(C)N. The number of hydrogen-bond acceptors (Lipinski definition) is 4. The molecule has 0 saturated heterocycles. The van der Waals surface area contributed by atoms with Crippen molar-refractivity contribution < 1.29 is 14.3 Å². The highest BCUT2D eigenvalue weighted by atomic mass is 16.5. The van der Waals surface area contributed by atoms with Gasteiger partial charge in [0.2, 0.25) is 0 Å². The van der Waals surface area contributed by atoms with Gasteiger partial charge in [-0.15, -0.1) is 0 Å². The van der Waals surface area contributed by atoms with Crippen LogP contribution in [-0.4, -0.2) is 31.7 Å². The highest BCUT2D eigenvalue weighted by molar-refractivity contribution is 5.77. The van der Waals surface area contributed by atoms with Gasteiger partial charge >= 0.3 is 0 Å². The van der Waals surface area contributed by atoms with E-state index in [9.17, 15) is 4.79 Å². The molecule has 0 saturated carbocycles. The molecule has 1 unspecified atom stereocenters. The molecule has 0 radical (unpaired) electrons. The van der Waals surface area contributed by atoms with Crippen molar-refractivity contribution >= 4 is 5.91 Å². The van der Waals surface area contributed by atoms with E-state index in [4.69, 9.17) is 15.2 Å². The van der Waals surface area contributed by atoms with Gasteiger partial charge in [0, 0.05) is 12.6 Å². The van der Waals surface area contributed by atoms with Gasteiger partial charge in [-0.05, 0) is 32.4 Å². The van der Waals surface area contributed by atoms with E-state index in [1.54, 1.807) is 6.07 Å². The number of benzene rings is 1. The van der Waals surface area contributed by atoms with Crippen molar-refractivity contribution in [1.29, 1.82) is 0 Å². The van der Waals surface area contributed by atoms with E-state index in [2.05, 4.69) is 5.32 Å². The molecule has 3 N–H and O–H groups in total. The lowest BCUT2D eigenvalue weighted by Gasteiger charge is -2.12. The summed E-state index contributed by atoms with van der Waals surface area (Å²) in [6, 6.07) is 7.37. The van der Waals surface area contributed by atoms with E-state index in [-0.39, 0.29) is 18.6 Å². The van der Waals surface area contributed by atoms with E-state index < -0.39 is 0 Å². The van der Waals surface area contributed by atoms with Gasteiger partial charge in [0.25, 0.3) is 5.91 Å². The fraction of sp³-hybridized carbons (Fsp3) is 0.500. The maximum absolute atomic E-state index is 11.5. The quantitative estimate of drug-likeness (QED) is 0.744. The minimum absolute atomic E-state index is 0.0248. The maximum Gasteiger partial charge on any atom is 0.257 e. The Morgan fingerprint density at radius 1 is 1.32 bits per heavy atom. The largest absolute Gasteiger partial charge is 0.490 e. The third-order valence-corrected chi connectivity index (χ3v) is 2.43. The first-order valence-electron chi connectivity index (χ1n) is 6.50. The van der Waals surface area contributed by atoms with Crippen LogP contribution in [0.1, 0.15) is 20.3 Å². The predicted octanol–water partition coefficient (Wildman–Crippen LogP) is 1.32. The van der Waals surface area contributed by atoms with Crippen LogP contribution in [0.25, 0.3) is 0 Å². The van der Waals surface area contributed by atoms with Gasteiger partial charge in [-0.1, -0.05) is 12.1 Å². The summed E-state index contributed by atoms with van der Waals surface area (Å²) in [5.41, 5.74) is 5.60. The van der Waals surface area contributed by atoms with Crippen LogP contribution >= 0.6 is 0 Å². The van der Waals surface area contributed by atoms with Crippen LogP contribution in [0, 0.1) is 0 Å². The molecule has 0 aliphatic carbocycles. The van der Waals surface area contributed by atoms with E-state index >= 15 is 0 Å². The minimum Gasteiger partial charge on any atom is -0.490 e. The molecule has 1 aromatic rings. The maximum atomic E-state index is 11.5. The molecule has 0 bridgehead atoms. The Balaban J connectivity index is 2.37. The third-order valence-electron chi connectivity index (χ3n) is 2.43. The molecule has 5 nitrogen and oxygen atoms in total. The number of ether oxygens (including phenoxy) is 2. The highest BCUT2D eigenvalue weighted by Crippen LogP contribution is 2.26. The Bertz CT molecular complexity index is 394. The van der Waals surface area contributed by atoms with Gasteiger partial charge in [0.05, 0.1) is 6.61 Å². The number of nitrogens with one attached hydrogen (secondary N) is 1. The number of carbonyl (C=O) groups excluding carboxylic acids is 1. The molecule has 0 spiro atoms. The molecule has 19 heavy (non-hydrogen) atoms. The van der Waals surface area contributed by atoms with Crippen LogP contribution in [0.15, 0.2) is 24.3 Å². The van der Waals surface area contributed by atoms with Crippen molar-refractivity contribution in [2.75, 3.05) is 19.8 Å². The van der Waals surface area contributed by atoms with Crippen molar-refractivity contribution in [1.82, 2.24) is 5.32 Å². The zero-order valence-corrected chi connectivity index (χ0v) is 11.5. The number of rotatable bonds is 8. The normalized spacial score (nSPS) is 11.7. The molecule has 0 aliphatic rings. The summed E-state index contributed by atoms with van der Waals surface area (Å²) in [7, 11) is 0. The molecular weight excluding hydrogens is 244 g/mol. The molecular formula is C14H22N2O3. The van der Waals surface area contributed by atoms with Gasteiger partial charge in [-0.3, -0.25) is 4.79 Å². The first kappa shape index (κ1) is 15.3. The molecule has 1 aromatic carbocycles. The summed E-state index contributed by atoms with van der Waals surface area (Å²) < 4.78 is 10.8. The van der Waals surface area contributed by atoms with Gasteiger partial charge in [-0.2, -0.15) is 0 Å². The van der Waals surface area contributed by atoms with Crippen LogP contribution in [0.4, 0.5) is 0 Å². The molecule has 0 aromatic heterocycles. The predicted molar refractivity (Wildman–Crippen MR) is 74.4 cm³/mol.